The molecule has 118 valence electrons. The van der Waals surface area contributed by atoms with Gasteiger partial charge in [-0.25, -0.2) is 4.79 Å². The van der Waals surface area contributed by atoms with Crippen LogP contribution in [0.15, 0.2) is 0 Å². The fourth-order valence-corrected chi connectivity index (χ4v) is 1.08. The predicted molar refractivity (Wildman–Crippen MR) is 63.9 cm³/mol. The minimum absolute atomic E-state index is 0.121. The Kier molecular flexibility index (Phi) is 6.77. The van der Waals surface area contributed by atoms with Crippen LogP contribution < -0.4 is 10.6 Å². The van der Waals surface area contributed by atoms with Crippen molar-refractivity contribution in [3.63, 3.8) is 0 Å². The Bertz CT molecular complexity index is 340. The maximum Gasteiger partial charge on any atom is 0.471 e. The summed E-state index contributed by atoms with van der Waals surface area (Å²) in [6, 6.07) is 0. The Hall–Kier alpha value is -1.51. The summed E-state index contributed by atoms with van der Waals surface area (Å²) < 4.78 is 40.7. The highest BCUT2D eigenvalue weighted by Crippen LogP contribution is 2.14. The summed E-state index contributed by atoms with van der Waals surface area (Å²) in [7, 11) is 0. The number of rotatable bonds is 5. The first-order valence-electron chi connectivity index (χ1n) is 5.88. The third kappa shape index (κ3) is 8.57. The standard InChI is InChI=1S/C11H19F3N2O4/c1-10(2,3)20-9(19)16-5-7(6-17)4-15-8(18)11(12,13)14/h7,17H,4-6H2,1-3H3,(H,15,18)(H,16,19). The summed E-state index contributed by atoms with van der Waals surface area (Å²) in [6.07, 6.45) is -5.73. The Balaban J connectivity index is 4.11. The van der Waals surface area contributed by atoms with Gasteiger partial charge in [0.05, 0.1) is 0 Å². The molecule has 0 rings (SSSR count). The molecule has 1 atom stereocenters. The van der Waals surface area contributed by atoms with Gasteiger partial charge in [0.25, 0.3) is 0 Å². The normalized spacial score (nSPS) is 13.6. The number of aliphatic hydroxyl groups is 1. The van der Waals surface area contributed by atoms with Crippen LogP contribution in [0.4, 0.5) is 18.0 Å². The number of carbonyl (C=O) groups excluding carboxylic acids is 2. The minimum Gasteiger partial charge on any atom is -0.444 e. The molecular formula is C11H19F3N2O4. The molecular weight excluding hydrogens is 281 g/mol. The van der Waals surface area contributed by atoms with Gasteiger partial charge in [-0.1, -0.05) is 0 Å². The first-order valence-corrected chi connectivity index (χ1v) is 5.88. The van der Waals surface area contributed by atoms with Gasteiger partial charge in [-0.2, -0.15) is 13.2 Å². The fourth-order valence-electron chi connectivity index (χ4n) is 1.08. The number of ether oxygens (including phenoxy) is 1. The topological polar surface area (TPSA) is 87.7 Å². The van der Waals surface area contributed by atoms with E-state index in [9.17, 15) is 22.8 Å². The van der Waals surface area contributed by atoms with Crippen molar-refractivity contribution in [3.8, 4) is 0 Å². The number of alkyl halides is 3. The highest BCUT2D eigenvalue weighted by atomic mass is 19.4. The number of halogens is 3. The second kappa shape index (κ2) is 7.32. The quantitative estimate of drug-likeness (QED) is 0.701. The second-order valence-electron chi connectivity index (χ2n) is 5.14. The van der Waals surface area contributed by atoms with Crippen molar-refractivity contribution in [2.24, 2.45) is 5.92 Å². The van der Waals surface area contributed by atoms with E-state index in [0.717, 1.165) is 0 Å². The zero-order chi connectivity index (χ0) is 16.0. The van der Waals surface area contributed by atoms with Crippen LogP contribution >= 0.6 is 0 Å². The smallest absolute Gasteiger partial charge is 0.444 e. The molecule has 0 fully saturated rings. The lowest BCUT2D eigenvalue weighted by atomic mass is 10.1. The van der Waals surface area contributed by atoms with Crippen LogP contribution in [0.2, 0.25) is 0 Å². The van der Waals surface area contributed by atoms with E-state index in [1.165, 1.54) is 0 Å². The van der Waals surface area contributed by atoms with E-state index in [0.29, 0.717) is 0 Å². The van der Waals surface area contributed by atoms with Crippen LogP contribution in [0.25, 0.3) is 0 Å². The maximum atomic E-state index is 11.9. The van der Waals surface area contributed by atoms with Gasteiger partial charge in [0.2, 0.25) is 0 Å². The van der Waals surface area contributed by atoms with Crippen molar-refractivity contribution in [1.29, 1.82) is 0 Å². The average molecular weight is 300 g/mol. The molecule has 9 heteroatoms. The molecule has 0 aromatic carbocycles. The molecule has 3 N–H and O–H groups in total. The van der Waals surface area contributed by atoms with Crippen LogP contribution in [0.5, 0.6) is 0 Å². The number of hydrogen-bond acceptors (Lipinski definition) is 4. The molecule has 0 bridgehead atoms. The molecule has 0 aromatic heterocycles. The summed E-state index contributed by atoms with van der Waals surface area (Å²) in [6.45, 7) is 3.93. The van der Waals surface area contributed by atoms with Crippen LogP contribution in [-0.4, -0.2) is 48.6 Å². The molecule has 0 saturated heterocycles. The van der Waals surface area contributed by atoms with Gasteiger partial charge in [0.15, 0.2) is 0 Å². The van der Waals surface area contributed by atoms with E-state index in [-0.39, 0.29) is 6.54 Å². The Morgan fingerprint density at radius 1 is 1.15 bits per heavy atom. The molecule has 0 aromatic rings. The number of alkyl carbamates (subject to hydrolysis) is 1. The van der Waals surface area contributed by atoms with Crippen molar-refractivity contribution >= 4 is 12.0 Å². The first-order chi connectivity index (χ1) is 8.95. The molecule has 0 aliphatic rings. The Morgan fingerprint density at radius 3 is 2.05 bits per heavy atom. The zero-order valence-corrected chi connectivity index (χ0v) is 11.5. The van der Waals surface area contributed by atoms with Crippen LogP contribution in [-0.2, 0) is 9.53 Å². The van der Waals surface area contributed by atoms with E-state index in [1.807, 2.05) is 0 Å². The van der Waals surface area contributed by atoms with Crippen molar-refractivity contribution < 1.29 is 32.6 Å². The first kappa shape index (κ1) is 18.5. The van der Waals surface area contributed by atoms with Gasteiger partial charge in [0, 0.05) is 25.6 Å². The third-order valence-corrected chi connectivity index (χ3v) is 2.00. The lowest BCUT2D eigenvalue weighted by molar-refractivity contribution is -0.173. The molecule has 0 aliphatic carbocycles. The maximum absolute atomic E-state index is 11.9. The van der Waals surface area contributed by atoms with Gasteiger partial charge >= 0.3 is 18.2 Å². The average Bonchev–Trinajstić information content (AvgIpc) is 2.25. The predicted octanol–water partition coefficient (Wildman–Crippen LogP) is 0.798. The van der Waals surface area contributed by atoms with Crippen molar-refractivity contribution in [1.82, 2.24) is 10.6 Å². The van der Waals surface area contributed by atoms with E-state index in [2.05, 4.69) is 5.32 Å². The van der Waals surface area contributed by atoms with E-state index < -0.39 is 42.8 Å². The largest absolute Gasteiger partial charge is 0.471 e. The fraction of sp³-hybridized carbons (Fsp3) is 0.818. The SMILES string of the molecule is CC(C)(C)OC(=O)NCC(CO)CNC(=O)C(F)(F)F. The molecule has 0 saturated carbocycles. The summed E-state index contributed by atoms with van der Waals surface area (Å²) in [5.41, 5.74) is -0.705. The van der Waals surface area contributed by atoms with Crippen molar-refractivity contribution in [3.05, 3.63) is 0 Å². The second-order valence-corrected chi connectivity index (χ2v) is 5.14. The number of aliphatic hydroxyl groups excluding tert-OH is 1. The lowest BCUT2D eigenvalue weighted by Gasteiger charge is -2.21. The summed E-state index contributed by atoms with van der Waals surface area (Å²) >= 11 is 0. The molecule has 20 heavy (non-hydrogen) atoms. The van der Waals surface area contributed by atoms with E-state index >= 15 is 0 Å². The number of nitrogens with one attached hydrogen (secondary N) is 2. The Morgan fingerprint density at radius 2 is 1.65 bits per heavy atom. The lowest BCUT2D eigenvalue weighted by Crippen LogP contribution is -2.43. The summed E-state index contributed by atoms with van der Waals surface area (Å²) in [5, 5.41) is 12.9. The molecule has 2 amide bonds. The molecule has 0 aliphatic heterocycles. The minimum atomic E-state index is -4.97. The Labute approximate surface area is 114 Å². The number of hydrogen-bond donors (Lipinski definition) is 3. The monoisotopic (exact) mass is 300 g/mol. The zero-order valence-electron chi connectivity index (χ0n) is 11.5. The third-order valence-electron chi connectivity index (χ3n) is 2.00. The van der Waals surface area contributed by atoms with E-state index in [1.54, 1.807) is 26.1 Å². The van der Waals surface area contributed by atoms with Crippen molar-refractivity contribution in [2.75, 3.05) is 19.7 Å². The van der Waals surface area contributed by atoms with Crippen molar-refractivity contribution in [2.45, 2.75) is 32.5 Å². The van der Waals surface area contributed by atoms with Crippen LogP contribution in [0, 0.1) is 5.92 Å². The molecule has 0 heterocycles. The number of amides is 2. The molecule has 0 spiro atoms. The van der Waals surface area contributed by atoms with Gasteiger partial charge in [-0.05, 0) is 20.8 Å². The molecule has 6 nitrogen and oxygen atoms in total. The molecule has 1 unspecified atom stereocenters. The molecule has 0 radical (unpaired) electrons. The summed E-state index contributed by atoms with van der Waals surface area (Å²) in [4.78, 5) is 21.9. The van der Waals surface area contributed by atoms with Gasteiger partial charge in [-0.3, -0.25) is 4.79 Å². The van der Waals surface area contributed by atoms with Crippen LogP contribution in [0.3, 0.4) is 0 Å². The van der Waals surface area contributed by atoms with E-state index in [4.69, 9.17) is 9.84 Å². The highest BCUT2D eigenvalue weighted by Gasteiger charge is 2.38. The highest BCUT2D eigenvalue weighted by molar-refractivity contribution is 5.81. The summed E-state index contributed by atoms with van der Waals surface area (Å²) in [5.74, 6) is -2.83. The van der Waals surface area contributed by atoms with Gasteiger partial charge in [-0.15, -0.1) is 0 Å². The number of carbonyl (C=O) groups is 2. The van der Waals surface area contributed by atoms with Crippen LogP contribution in [0.1, 0.15) is 20.8 Å². The van der Waals surface area contributed by atoms with Gasteiger partial charge < -0.3 is 20.5 Å². The van der Waals surface area contributed by atoms with Gasteiger partial charge in [0.1, 0.15) is 5.60 Å².